The molecule has 2 unspecified atom stereocenters. The second-order valence-corrected chi connectivity index (χ2v) is 5.96. The van der Waals surface area contributed by atoms with Crippen LogP contribution < -0.4 is 5.32 Å². The van der Waals surface area contributed by atoms with E-state index in [9.17, 15) is 0 Å². The number of hydrogen-bond acceptors (Lipinski definition) is 2. The van der Waals surface area contributed by atoms with E-state index in [-0.39, 0.29) is 0 Å². The third-order valence-electron chi connectivity index (χ3n) is 4.44. The predicted octanol–water partition coefficient (Wildman–Crippen LogP) is 2.40. The lowest BCUT2D eigenvalue weighted by Crippen LogP contribution is -2.41. The monoisotopic (exact) mass is 233 g/mol. The van der Waals surface area contributed by atoms with Crippen LogP contribution in [0.25, 0.3) is 0 Å². The van der Waals surface area contributed by atoms with Crippen molar-refractivity contribution in [2.75, 3.05) is 13.1 Å². The molecule has 0 aromatic carbocycles. The SMILES string of the molecule is CC1CCCC(Cn2cncc2C2CNC2)C1. The van der Waals surface area contributed by atoms with E-state index in [2.05, 4.69) is 28.0 Å². The molecular weight excluding hydrogens is 210 g/mol. The number of imidazole rings is 1. The minimum absolute atomic E-state index is 0.707. The molecule has 17 heavy (non-hydrogen) atoms. The first-order valence-electron chi connectivity index (χ1n) is 7.03. The van der Waals surface area contributed by atoms with Crippen molar-refractivity contribution in [2.45, 2.75) is 45.1 Å². The van der Waals surface area contributed by atoms with E-state index in [1.165, 1.54) is 37.9 Å². The second-order valence-electron chi connectivity index (χ2n) is 5.96. The molecule has 0 amide bonds. The van der Waals surface area contributed by atoms with Crippen LogP contribution in [0.15, 0.2) is 12.5 Å². The highest BCUT2D eigenvalue weighted by Gasteiger charge is 2.24. The van der Waals surface area contributed by atoms with E-state index < -0.39 is 0 Å². The molecule has 3 heteroatoms. The molecule has 3 nitrogen and oxygen atoms in total. The summed E-state index contributed by atoms with van der Waals surface area (Å²) in [5.74, 6) is 2.50. The summed E-state index contributed by atoms with van der Waals surface area (Å²) < 4.78 is 2.41. The van der Waals surface area contributed by atoms with Crippen molar-refractivity contribution >= 4 is 0 Å². The lowest BCUT2D eigenvalue weighted by Gasteiger charge is -2.31. The van der Waals surface area contributed by atoms with Crippen LogP contribution in [0.4, 0.5) is 0 Å². The predicted molar refractivity (Wildman–Crippen MR) is 69.0 cm³/mol. The van der Waals surface area contributed by atoms with Gasteiger partial charge in [-0.1, -0.05) is 19.8 Å². The maximum absolute atomic E-state index is 4.34. The first-order valence-corrected chi connectivity index (χ1v) is 7.03. The topological polar surface area (TPSA) is 29.9 Å². The zero-order chi connectivity index (χ0) is 11.7. The van der Waals surface area contributed by atoms with Gasteiger partial charge in [-0.2, -0.15) is 0 Å². The fourth-order valence-corrected chi connectivity index (χ4v) is 3.32. The lowest BCUT2D eigenvalue weighted by atomic mass is 9.82. The number of nitrogens with one attached hydrogen (secondary N) is 1. The number of hydrogen-bond donors (Lipinski definition) is 1. The average molecular weight is 233 g/mol. The van der Waals surface area contributed by atoms with Crippen LogP contribution in [0.5, 0.6) is 0 Å². The Balaban J connectivity index is 1.65. The van der Waals surface area contributed by atoms with Crippen molar-refractivity contribution in [3.8, 4) is 0 Å². The molecular formula is C14H23N3. The maximum Gasteiger partial charge on any atom is 0.0948 e. The van der Waals surface area contributed by atoms with Crippen molar-refractivity contribution in [1.29, 1.82) is 0 Å². The molecule has 2 fully saturated rings. The van der Waals surface area contributed by atoms with Gasteiger partial charge >= 0.3 is 0 Å². The minimum atomic E-state index is 0.707. The van der Waals surface area contributed by atoms with Gasteiger partial charge in [-0.15, -0.1) is 0 Å². The molecule has 1 saturated heterocycles. The lowest BCUT2D eigenvalue weighted by molar-refractivity contribution is 0.252. The first kappa shape index (κ1) is 11.3. The summed E-state index contributed by atoms with van der Waals surface area (Å²) >= 11 is 0. The van der Waals surface area contributed by atoms with Crippen molar-refractivity contribution in [3.05, 3.63) is 18.2 Å². The largest absolute Gasteiger partial charge is 0.334 e. The Morgan fingerprint density at radius 3 is 3.00 bits per heavy atom. The Morgan fingerprint density at radius 1 is 1.41 bits per heavy atom. The highest BCUT2D eigenvalue weighted by Crippen LogP contribution is 2.30. The summed E-state index contributed by atoms with van der Waals surface area (Å²) in [6.07, 6.45) is 9.76. The van der Waals surface area contributed by atoms with E-state index in [1.54, 1.807) is 0 Å². The zero-order valence-electron chi connectivity index (χ0n) is 10.7. The number of aromatic nitrogens is 2. The molecule has 2 heterocycles. The van der Waals surface area contributed by atoms with Crippen LogP contribution in [0, 0.1) is 11.8 Å². The standard InChI is InChI=1S/C14H23N3/c1-11-3-2-4-12(5-11)9-17-10-16-8-14(17)13-6-15-7-13/h8,10-13,15H,2-7,9H2,1H3. The zero-order valence-corrected chi connectivity index (χ0v) is 10.7. The summed E-state index contributed by atoms with van der Waals surface area (Å²) in [7, 11) is 0. The van der Waals surface area contributed by atoms with Crippen molar-refractivity contribution in [2.24, 2.45) is 11.8 Å². The van der Waals surface area contributed by atoms with Gasteiger partial charge in [0, 0.05) is 37.4 Å². The van der Waals surface area contributed by atoms with Gasteiger partial charge in [-0.05, 0) is 24.7 Å². The quantitative estimate of drug-likeness (QED) is 0.869. The molecule has 3 rings (SSSR count). The second kappa shape index (κ2) is 4.81. The molecule has 1 aromatic heterocycles. The molecule has 0 radical (unpaired) electrons. The van der Waals surface area contributed by atoms with Gasteiger partial charge in [-0.25, -0.2) is 4.98 Å². The molecule has 2 atom stereocenters. The smallest absolute Gasteiger partial charge is 0.0948 e. The molecule has 1 aliphatic heterocycles. The van der Waals surface area contributed by atoms with Gasteiger partial charge in [0.25, 0.3) is 0 Å². The van der Waals surface area contributed by atoms with Gasteiger partial charge in [-0.3, -0.25) is 0 Å². The summed E-state index contributed by atoms with van der Waals surface area (Å²) in [6, 6.07) is 0. The molecule has 1 saturated carbocycles. The van der Waals surface area contributed by atoms with E-state index in [0.29, 0.717) is 5.92 Å². The highest BCUT2D eigenvalue weighted by atomic mass is 15.1. The Hall–Kier alpha value is -0.830. The van der Waals surface area contributed by atoms with Crippen LogP contribution in [-0.2, 0) is 6.54 Å². The van der Waals surface area contributed by atoms with Crippen LogP contribution in [0.1, 0.15) is 44.2 Å². The average Bonchev–Trinajstić information content (AvgIpc) is 2.64. The summed E-state index contributed by atoms with van der Waals surface area (Å²) in [5, 5.41) is 3.35. The fraction of sp³-hybridized carbons (Fsp3) is 0.786. The van der Waals surface area contributed by atoms with E-state index >= 15 is 0 Å². The molecule has 1 N–H and O–H groups in total. The van der Waals surface area contributed by atoms with Crippen LogP contribution in [-0.4, -0.2) is 22.6 Å². The van der Waals surface area contributed by atoms with Crippen molar-refractivity contribution < 1.29 is 0 Å². The number of nitrogens with zero attached hydrogens (tertiary/aromatic N) is 2. The third kappa shape index (κ3) is 2.39. The van der Waals surface area contributed by atoms with E-state index in [1.807, 2.05) is 6.33 Å². The Kier molecular flexibility index (Phi) is 3.19. The van der Waals surface area contributed by atoms with Gasteiger partial charge in [0.05, 0.1) is 6.33 Å². The Bertz CT molecular complexity index is 367. The van der Waals surface area contributed by atoms with Gasteiger partial charge in [0.15, 0.2) is 0 Å². The van der Waals surface area contributed by atoms with Crippen molar-refractivity contribution in [3.63, 3.8) is 0 Å². The molecule has 1 aliphatic carbocycles. The van der Waals surface area contributed by atoms with Crippen LogP contribution in [0.2, 0.25) is 0 Å². The maximum atomic E-state index is 4.34. The minimum Gasteiger partial charge on any atom is -0.334 e. The Labute approximate surface area is 104 Å². The molecule has 1 aromatic rings. The van der Waals surface area contributed by atoms with Crippen LogP contribution in [0.3, 0.4) is 0 Å². The Morgan fingerprint density at radius 2 is 2.29 bits per heavy atom. The highest BCUT2D eigenvalue weighted by molar-refractivity contribution is 5.11. The van der Waals surface area contributed by atoms with Gasteiger partial charge in [0.1, 0.15) is 0 Å². The van der Waals surface area contributed by atoms with E-state index in [4.69, 9.17) is 0 Å². The summed E-state index contributed by atoms with van der Waals surface area (Å²) in [5.41, 5.74) is 1.45. The van der Waals surface area contributed by atoms with Gasteiger partial charge < -0.3 is 9.88 Å². The summed E-state index contributed by atoms with van der Waals surface area (Å²) in [4.78, 5) is 4.34. The fourth-order valence-electron chi connectivity index (χ4n) is 3.32. The molecule has 0 bridgehead atoms. The normalized spacial score (nSPS) is 30.2. The number of rotatable bonds is 3. The van der Waals surface area contributed by atoms with Crippen molar-refractivity contribution in [1.82, 2.24) is 14.9 Å². The molecule has 2 aliphatic rings. The molecule has 0 spiro atoms. The first-order chi connectivity index (χ1) is 8.33. The molecule has 94 valence electrons. The van der Waals surface area contributed by atoms with Crippen LogP contribution >= 0.6 is 0 Å². The third-order valence-corrected chi connectivity index (χ3v) is 4.44. The summed E-state index contributed by atoms with van der Waals surface area (Å²) in [6.45, 7) is 5.85. The van der Waals surface area contributed by atoms with Gasteiger partial charge in [0.2, 0.25) is 0 Å². The van der Waals surface area contributed by atoms with E-state index in [0.717, 1.165) is 24.9 Å².